The second kappa shape index (κ2) is 4.94. The normalized spacial score (nSPS) is 20.2. The summed E-state index contributed by atoms with van der Waals surface area (Å²) in [5.41, 5.74) is -1.13. The summed E-state index contributed by atoms with van der Waals surface area (Å²) in [5.74, 6) is -0.889. The van der Waals surface area contributed by atoms with Gasteiger partial charge in [-0.15, -0.1) is 0 Å². The molecule has 1 fully saturated rings. The van der Waals surface area contributed by atoms with Gasteiger partial charge in [-0.2, -0.15) is 0 Å². The minimum atomic E-state index is -1.13. The number of hydrogen-bond acceptors (Lipinski definition) is 2. The summed E-state index contributed by atoms with van der Waals surface area (Å²) in [4.78, 5) is 24.8. The highest BCUT2D eigenvalue weighted by Crippen LogP contribution is 2.39. The van der Waals surface area contributed by atoms with E-state index in [1.165, 1.54) is 0 Å². The lowest BCUT2D eigenvalue weighted by molar-refractivity contribution is -0.144. The monoisotopic (exact) mass is 242 g/mol. The Kier molecular flexibility index (Phi) is 4.01. The highest BCUT2D eigenvalue weighted by molar-refractivity contribution is 5.86. The summed E-state index contributed by atoms with van der Waals surface area (Å²) < 4.78 is 0. The number of amides is 2. The molecule has 0 spiro atoms. The minimum absolute atomic E-state index is 0.0642. The van der Waals surface area contributed by atoms with Crippen molar-refractivity contribution in [2.75, 3.05) is 7.05 Å². The number of carboxylic acids is 1. The van der Waals surface area contributed by atoms with Crippen molar-refractivity contribution >= 4 is 12.0 Å². The Labute approximate surface area is 102 Å². The molecule has 2 amide bonds. The van der Waals surface area contributed by atoms with Gasteiger partial charge in [-0.25, -0.2) is 9.59 Å². The smallest absolute Gasteiger partial charge is 0.329 e. The molecule has 0 aromatic heterocycles. The number of carboxylic acid groups (broad SMARTS) is 1. The molecule has 0 aromatic carbocycles. The molecule has 1 rings (SSSR count). The van der Waals surface area contributed by atoms with E-state index >= 15 is 0 Å². The molecule has 5 heteroatoms. The zero-order chi connectivity index (χ0) is 13.2. The van der Waals surface area contributed by atoms with Gasteiger partial charge >= 0.3 is 12.0 Å². The number of nitrogens with one attached hydrogen (secondary N) is 1. The highest BCUT2D eigenvalue weighted by atomic mass is 16.4. The molecule has 0 heterocycles. The molecule has 2 unspecified atom stereocenters. The van der Waals surface area contributed by atoms with Gasteiger partial charge in [0.2, 0.25) is 0 Å². The fourth-order valence-electron chi connectivity index (χ4n) is 1.78. The summed E-state index contributed by atoms with van der Waals surface area (Å²) in [6.07, 6.45) is 2.59. The lowest BCUT2D eigenvalue weighted by Crippen LogP contribution is -2.58. The van der Waals surface area contributed by atoms with Gasteiger partial charge in [0.1, 0.15) is 5.54 Å². The zero-order valence-electron chi connectivity index (χ0n) is 11.0. The van der Waals surface area contributed by atoms with Gasteiger partial charge < -0.3 is 15.3 Å². The van der Waals surface area contributed by atoms with E-state index in [-0.39, 0.29) is 18.0 Å². The molecule has 0 radical (unpaired) electrons. The quantitative estimate of drug-likeness (QED) is 0.770. The lowest BCUT2D eigenvalue weighted by atomic mass is 9.96. The third kappa shape index (κ3) is 2.90. The summed E-state index contributed by atoms with van der Waals surface area (Å²) >= 11 is 0. The molecule has 98 valence electrons. The van der Waals surface area contributed by atoms with Crippen LogP contribution in [0.5, 0.6) is 0 Å². The lowest BCUT2D eigenvalue weighted by Gasteiger charge is -2.31. The number of hydrogen-bond donors (Lipinski definition) is 2. The molecule has 1 aliphatic rings. The van der Waals surface area contributed by atoms with Crippen molar-refractivity contribution in [3.05, 3.63) is 0 Å². The van der Waals surface area contributed by atoms with E-state index in [2.05, 4.69) is 5.32 Å². The average Bonchev–Trinajstić information content (AvgIpc) is 3.10. The van der Waals surface area contributed by atoms with E-state index in [0.717, 1.165) is 19.3 Å². The van der Waals surface area contributed by atoms with Crippen molar-refractivity contribution in [2.45, 2.75) is 51.6 Å². The van der Waals surface area contributed by atoms with Gasteiger partial charge in [0.15, 0.2) is 0 Å². The van der Waals surface area contributed by atoms with Crippen LogP contribution in [0.3, 0.4) is 0 Å². The van der Waals surface area contributed by atoms with Crippen LogP contribution in [0.25, 0.3) is 0 Å². The molecule has 5 nitrogen and oxygen atoms in total. The average molecular weight is 242 g/mol. The van der Waals surface area contributed by atoms with Crippen LogP contribution in [0.2, 0.25) is 0 Å². The van der Waals surface area contributed by atoms with E-state index in [4.69, 9.17) is 0 Å². The Morgan fingerprint density at radius 1 is 1.53 bits per heavy atom. The van der Waals surface area contributed by atoms with Crippen molar-refractivity contribution in [1.29, 1.82) is 0 Å². The first-order valence-corrected chi connectivity index (χ1v) is 6.11. The standard InChI is InChI=1S/C12H22N2O3/c1-5-8(2)14(4)11(17)13-12(3,10(15)16)9-6-7-9/h8-9H,5-7H2,1-4H3,(H,13,17)(H,15,16). The van der Waals surface area contributed by atoms with Crippen molar-refractivity contribution in [3.63, 3.8) is 0 Å². The van der Waals surface area contributed by atoms with Crippen molar-refractivity contribution in [3.8, 4) is 0 Å². The fourth-order valence-corrected chi connectivity index (χ4v) is 1.78. The van der Waals surface area contributed by atoms with Crippen LogP contribution in [0.1, 0.15) is 40.0 Å². The minimum Gasteiger partial charge on any atom is -0.480 e. The largest absolute Gasteiger partial charge is 0.480 e. The number of rotatable bonds is 5. The van der Waals surface area contributed by atoms with Crippen LogP contribution < -0.4 is 5.32 Å². The fraction of sp³-hybridized carbons (Fsp3) is 0.833. The second-order valence-electron chi connectivity index (χ2n) is 5.08. The molecular formula is C12H22N2O3. The molecule has 2 N–H and O–H groups in total. The first kappa shape index (κ1) is 13.8. The third-order valence-electron chi connectivity index (χ3n) is 3.78. The predicted octanol–water partition coefficient (Wildman–Crippen LogP) is 1.68. The molecule has 0 aromatic rings. The topological polar surface area (TPSA) is 69.6 Å². The van der Waals surface area contributed by atoms with Gasteiger partial charge in [0.05, 0.1) is 0 Å². The van der Waals surface area contributed by atoms with Gasteiger partial charge in [0.25, 0.3) is 0 Å². The van der Waals surface area contributed by atoms with E-state index in [9.17, 15) is 14.7 Å². The molecule has 0 saturated heterocycles. The number of carbonyl (C=O) groups excluding carboxylic acids is 1. The van der Waals surface area contributed by atoms with E-state index in [0.29, 0.717) is 0 Å². The van der Waals surface area contributed by atoms with Crippen molar-refractivity contribution in [1.82, 2.24) is 10.2 Å². The molecule has 0 bridgehead atoms. The molecule has 2 atom stereocenters. The zero-order valence-corrected chi connectivity index (χ0v) is 11.0. The maximum atomic E-state index is 11.9. The second-order valence-corrected chi connectivity index (χ2v) is 5.08. The number of carbonyl (C=O) groups is 2. The van der Waals surface area contributed by atoms with Gasteiger partial charge in [-0.1, -0.05) is 6.92 Å². The molecule has 17 heavy (non-hydrogen) atoms. The summed E-state index contributed by atoms with van der Waals surface area (Å²) in [7, 11) is 1.69. The first-order chi connectivity index (χ1) is 7.82. The van der Waals surface area contributed by atoms with Crippen LogP contribution in [-0.2, 0) is 4.79 Å². The van der Waals surface area contributed by atoms with E-state index in [1.807, 2.05) is 13.8 Å². The van der Waals surface area contributed by atoms with Gasteiger partial charge in [-0.05, 0) is 39.0 Å². The Bertz CT molecular complexity index is 315. The van der Waals surface area contributed by atoms with Crippen LogP contribution >= 0.6 is 0 Å². The SMILES string of the molecule is CCC(C)N(C)C(=O)NC(C)(C(=O)O)C1CC1. The Morgan fingerprint density at radius 2 is 2.06 bits per heavy atom. The van der Waals surface area contributed by atoms with E-state index in [1.54, 1.807) is 18.9 Å². The number of urea groups is 1. The first-order valence-electron chi connectivity index (χ1n) is 6.11. The Morgan fingerprint density at radius 3 is 2.41 bits per heavy atom. The summed E-state index contributed by atoms with van der Waals surface area (Å²) in [5, 5.41) is 11.9. The Balaban J connectivity index is 2.68. The van der Waals surface area contributed by atoms with Crippen LogP contribution in [0.15, 0.2) is 0 Å². The van der Waals surface area contributed by atoms with Crippen molar-refractivity contribution < 1.29 is 14.7 Å². The van der Waals surface area contributed by atoms with Crippen LogP contribution in [0, 0.1) is 5.92 Å². The maximum absolute atomic E-state index is 11.9. The van der Waals surface area contributed by atoms with Gasteiger partial charge in [-0.3, -0.25) is 0 Å². The predicted molar refractivity (Wildman–Crippen MR) is 64.8 cm³/mol. The van der Waals surface area contributed by atoms with Gasteiger partial charge in [0, 0.05) is 13.1 Å². The highest BCUT2D eigenvalue weighted by Gasteiger charge is 2.49. The number of aliphatic carboxylic acids is 1. The van der Waals surface area contributed by atoms with Crippen molar-refractivity contribution in [2.24, 2.45) is 5.92 Å². The number of nitrogens with zero attached hydrogens (tertiary/aromatic N) is 1. The van der Waals surface area contributed by atoms with E-state index < -0.39 is 11.5 Å². The van der Waals surface area contributed by atoms with Crippen LogP contribution in [0.4, 0.5) is 4.79 Å². The molecule has 1 aliphatic carbocycles. The summed E-state index contributed by atoms with van der Waals surface area (Å²) in [6.45, 7) is 5.52. The Hall–Kier alpha value is -1.26. The molecule has 1 saturated carbocycles. The molecular weight excluding hydrogens is 220 g/mol. The maximum Gasteiger partial charge on any atom is 0.329 e. The molecule has 0 aliphatic heterocycles. The van der Waals surface area contributed by atoms with Crippen LogP contribution in [-0.4, -0.2) is 40.6 Å². The third-order valence-corrected chi connectivity index (χ3v) is 3.78. The summed E-state index contributed by atoms with van der Waals surface area (Å²) in [6, 6.07) is -0.205.